The van der Waals surface area contributed by atoms with E-state index in [4.69, 9.17) is 23.2 Å². The molecule has 0 fully saturated rings. The fourth-order valence-electron chi connectivity index (χ4n) is 2.72. The van der Waals surface area contributed by atoms with Gasteiger partial charge in [0.1, 0.15) is 5.15 Å². The number of imide groups is 1. The largest absolute Gasteiger partial charge is 0.326 e. The van der Waals surface area contributed by atoms with Crippen molar-refractivity contribution in [1.82, 2.24) is 15.3 Å². The van der Waals surface area contributed by atoms with Crippen LogP contribution in [0.3, 0.4) is 0 Å². The smallest absolute Gasteiger partial charge is 0.306 e. The summed E-state index contributed by atoms with van der Waals surface area (Å²) in [4.78, 5) is 32.4. The molecule has 0 spiro atoms. The van der Waals surface area contributed by atoms with Gasteiger partial charge in [0.25, 0.3) is 5.91 Å². The number of aryl methyl sites for hydroxylation is 1. The van der Waals surface area contributed by atoms with Crippen LogP contribution in [-0.2, 0) is 6.42 Å². The molecule has 3 amide bonds. The maximum atomic E-state index is 13.7. The first kappa shape index (κ1) is 24.9. The molecule has 0 saturated heterocycles. The normalized spacial score (nSPS) is 11.5. The molecule has 0 unspecified atom stereocenters. The van der Waals surface area contributed by atoms with Gasteiger partial charge in [-0.05, 0) is 30.0 Å². The molecule has 0 aliphatic rings. The van der Waals surface area contributed by atoms with Crippen LogP contribution in [0.4, 0.5) is 23.7 Å². The Morgan fingerprint density at radius 3 is 2.52 bits per heavy atom. The molecule has 31 heavy (non-hydrogen) atoms. The molecule has 168 valence electrons. The summed E-state index contributed by atoms with van der Waals surface area (Å²) in [5.41, 5.74) is 0.766. The van der Waals surface area contributed by atoms with Crippen LogP contribution in [-0.4, -0.2) is 27.8 Å². The summed E-state index contributed by atoms with van der Waals surface area (Å²) in [7, 11) is 0. The third-order valence-corrected chi connectivity index (χ3v) is 5.04. The first-order valence-electron chi connectivity index (χ1n) is 9.44. The number of carbonyl (C=O) groups is 2. The van der Waals surface area contributed by atoms with Gasteiger partial charge in [-0.15, -0.1) is 0 Å². The number of amides is 3. The highest BCUT2D eigenvalue weighted by Crippen LogP contribution is 2.30. The first-order chi connectivity index (χ1) is 14.4. The van der Waals surface area contributed by atoms with Gasteiger partial charge in [-0.3, -0.25) is 15.1 Å². The number of halogens is 5. The predicted octanol–water partition coefficient (Wildman–Crippen LogP) is 5.99. The number of hydrogen-bond donors (Lipinski definition) is 2. The summed E-state index contributed by atoms with van der Waals surface area (Å²) in [5.74, 6) is -4.98. The van der Waals surface area contributed by atoms with Gasteiger partial charge >= 0.3 is 6.03 Å². The quantitative estimate of drug-likeness (QED) is 0.481. The van der Waals surface area contributed by atoms with Gasteiger partial charge in [0.05, 0.1) is 16.9 Å². The predicted molar refractivity (Wildman–Crippen MR) is 113 cm³/mol. The molecule has 6 nitrogen and oxygen atoms in total. The molecule has 0 radical (unpaired) electrons. The van der Waals surface area contributed by atoms with Crippen molar-refractivity contribution in [3.63, 3.8) is 0 Å². The molecule has 0 saturated carbocycles. The summed E-state index contributed by atoms with van der Waals surface area (Å²) >= 11 is 11.3. The van der Waals surface area contributed by atoms with E-state index in [1.54, 1.807) is 0 Å². The fraction of sp³-hybridized carbons (Fsp3) is 0.400. The number of anilines is 1. The Labute approximate surface area is 187 Å². The zero-order chi connectivity index (χ0) is 23.3. The highest BCUT2D eigenvalue weighted by Gasteiger charge is 2.27. The third kappa shape index (κ3) is 6.54. The summed E-state index contributed by atoms with van der Waals surface area (Å²) in [6, 6.07) is 1.32. The van der Waals surface area contributed by atoms with Crippen LogP contribution in [0.25, 0.3) is 0 Å². The highest BCUT2D eigenvalue weighted by molar-refractivity contribution is 6.35. The summed E-state index contributed by atoms with van der Waals surface area (Å²) in [6.45, 7) is 5.04. The van der Waals surface area contributed by atoms with E-state index in [-0.39, 0.29) is 29.6 Å². The minimum atomic E-state index is -2.85. The van der Waals surface area contributed by atoms with Crippen LogP contribution in [0.1, 0.15) is 61.1 Å². The van der Waals surface area contributed by atoms with Gasteiger partial charge in [0, 0.05) is 19.0 Å². The SMILES string of the molecule is CCC(F)(F)CCc1ccnc(C(C)C)c1NC(=O)NC(=O)c1cc(F)c(Cl)nc1Cl. The van der Waals surface area contributed by atoms with E-state index in [1.165, 1.54) is 19.2 Å². The summed E-state index contributed by atoms with van der Waals surface area (Å²) in [5, 5.41) is 3.61. The number of urea groups is 1. The third-order valence-electron chi connectivity index (χ3n) is 4.49. The molecule has 2 aromatic heterocycles. The van der Waals surface area contributed by atoms with Crippen LogP contribution >= 0.6 is 23.2 Å². The van der Waals surface area contributed by atoms with Crippen molar-refractivity contribution in [2.75, 3.05) is 5.32 Å². The van der Waals surface area contributed by atoms with Crippen LogP contribution in [0.15, 0.2) is 18.3 Å². The lowest BCUT2D eigenvalue weighted by molar-refractivity contribution is -0.0110. The standard InChI is InChI=1S/C20H21Cl2F3N4O2/c1-4-20(24,25)7-5-11-6-8-26-14(10(2)3)15(11)27-19(31)29-18(30)12-9-13(23)17(22)28-16(12)21/h6,8-10H,4-5,7H2,1-3H3,(H2,27,29,30,31). The van der Waals surface area contributed by atoms with Crippen LogP contribution in [0.5, 0.6) is 0 Å². The molecule has 0 atom stereocenters. The van der Waals surface area contributed by atoms with Crippen molar-refractivity contribution < 1.29 is 22.8 Å². The van der Waals surface area contributed by atoms with E-state index in [2.05, 4.69) is 15.3 Å². The zero-order valence-corrected chi connectivity index (χ0v) is 18.5. The molecule has 2 N–H and O–H groups in total. The van der Waals surface area contributed by atoms with Crippen molar-refractivity contribution in [3.8, 4) is 0 Å². The fourth-order valence-corrected chi connectivity index (χ4v) is 3.13. The molecule has 2 rings (SSSR count). The van der Waals surface area contributed by atoms with E-state index < -0.39 is 40.8 Å². The monoisotopic (exact) mass is 476 g/mol. The minimum Gasteiger partial charge on any atom is -0.306 e. The van der Waals surface area contributed by atoms with E-state index in [0.29, 0.717) is 11.3 Å². The Kier molecular flexibility index (Phi) is 8.25. The molecular weight excluding hydrogens is 456 g/mol. The Balaban J connectivity index is 2.25. The molecule has 2 heterocycles. The number of pyridine rings is 2. The lowest BCUT2D eigenvalue weighted by Gasteiger charge is -2.19. The van der Waals surface area contributed by atoms with Crippen molar-refractivity contribution in [1.29, 1.82) is 0 Å². The number of nitrogens with zero attached hydrogens (tertiary/aromatic N) is 2. The maximum absolute atomic E-state index is 13.7. The average molecular weight is 477 g/mol. The number of aromatic nitrogens is 2. The maximum Gasteiger partial charge on any atom is 0.326 e. The molecular formula is C20H21Cl2F3N4O2. The highest BCUT2D eigenvalue weighted by atomic mass is 35.5. The molecule has 0 aliphatic heterocycles. The molecule has 0 aliphatic carbocycles. The molecule has 0 bridgehead atoms. The summed E-state index contributed by atoms with van der Waals surface area (Å²) in [6.07, 6.45) is 0.751. The van der Waals surface area contributed by atoms with Gasteiger partial charge in [-0.2, -0.15) is 0 Å². The Hall–Kier alpha value is -2.39. The van der Waals surface area contributed by atoms with Crippen molar-refractivity contribution in [2.24, 2.45) is 0 Å². The number of rotatable bonds is 7. The number of hydrogen-bond acceptors (Lipinski definition) is 4. The van der Waals surface area contributed by atoms with Crippen molar-refractivity contribution >= 4 is 40.8 Å². The van der Waals surface area contributed by atoms with Crippen LogP contribution in [0, 0.1) is 5.82 Å². The van der Waals surface area contributed by atoms with E-state index in [9.17, 15) is 22.8 Å². The second-order valence-electron chi connectivity index (χ2n) is 7.10. The Morgan fingerprint density at radius 2 is 1.90 bits per heavy atom. The number of carbonyl (C=O) groups excluding carboxylic acids is 2. The van der Waals surface area contributed by atoms with Gasteiger partial charge in [0.15, 0.2) is 11.0 Å². The lowest BCUT2D eigenvalue weighted by atomic mass is 9.99. The van der Waals surface area contributed by atoms with E-state index in [1.807, 2.05) is 19.2 Å². The minimum absolute atomic E-state index is 0.00914. The molecule has 2 aromatic rings. The second kappa shape index (κ2) is 10.3. The first-order valence-corrected chi connectivity index (χ1v) is 10.2. The molecule has 0 aromatic carbocycles. The van der Waals surface area contributed by atoms with Crippen LogP contribution in [0.2, 0.25) is 10.3 Å². The second-order valence-corrected chi connectivity index (χ2v) is 7.82. The zero-order valence-electron chi connectivity index (χ0n) is 17.0. The molecule has 11 heteroatoms. The van der Waals surface area contributed by atoms with Gasteiger partial charge in [0.2, 0.25) is 5.92 Å². The average Bonchev–Trinajstić information content (AvgIpc) is 2.69. The Bertz CT molecular complexity index is 987. The van der Waals surface area contributed by atoms with Crippen molar-refractivity contribution in [3.05, 3.63) is 51.3 Å². The topological polar surface area (TPSA) is 84.0 Å². The van der Waals surface area contributed by atoms with Gasteiger partial charge < -0.3 is 5.32 Å². The number of nitrogens with one attached hydrogen (secondary N) is 2. The summed E-state index contributed by atoms with van der Waals surface area (Å²) < 4.78 is 41.1. The lowest BCUT2D eigenvalue weighted by Crippen LogP contribution is -2.35. The van der Waals surface area contributed by atoms with E-state index in [0.717, 1.165) is 6.07 Å². The van der Waals surface area contributed by atoms with Crippen molar-refractivity contribution in [2.45, 2.75) is 51.9 Å². The van der Waals surface area contributed by atoms with Gasteiger partial charge in [-0.1, -0.05) is 44.0 Å². The van der Waals surface area contributed by atoms with Crippen LogP contribution < -0.4 is 10.6 Å². The van der Waals surface area contributed by atoms with Gasteiger partial charge in [-0.25, -0.2) is 22.9 Å². The van der Waals surface area contributed by atoms with E-state index >= 15 is 0 Å². The number of alkyl halides is 2. The Morgan fingerprint density at radius 1 is 1.23 bits per heavy atom.